The molecule has 0 fully saturated rings. The molecule has 21 heavy (non-hydrogen) atoms. The Morgan fingerprint density at radius 1 is 1.29 bits per heavy atom. The lowest BCUT2D eigenvalue weighted by Gasteiger charge is -2.17. The molecule has 0 unspecified atom stereocenters. The molecule has 1 N–H and O–H groups in total. The van der Waals surface area contributed by atoms with Crippen LogP contribution in [0.2, 0.25) is 0 Å². The van der Waals surface area contributed by atoms with E-state index in [9.17, 15) is 4.79 Å². The van der Waals surface area contributed by atoms with Gasteiger partial charge in [-0.1, -0.05) is 20.8 Å². The number of thioether (sulfide) groups is 1. The number of carbonyl (C=O) groups excluding carboxylic acids is 1. The van der Waals surface area contributed by atoms with Crippen LogP contribution in [0.4, 0.5) is 5.69 Å². The summed E-state index contributed by atoms with van der Waals surface area (Å²) in [6.45, 7) is 6.53. The summed E-state index contributed by atoms with van der Waals surface area (Å²) in [5, 5.41) is 2.84. The van der Waals surface area contributed by atoms with E-state index < -0.39 is 0 Å². The molecule has 5 heteroatoms. The topological polar surface area (TPSA) is 42.0 Å². The number of hydrogen-bond acceptors (Lipinski definition) is 4. The number of benzene rings is 1. The van der Waals surface area contributed by atoms with E-state index in [-0.39, 0.29) is 10.7 Å². The van der Waals surface area contributed by atoms with Crippen LogP contribution in [0.15, 0.2) is 46.9 Å². The third-order valence-electron chi connectivity index (χ3n) is 2.40. The molecular formula is C16H18N2OS2. The van der Waals surface area contributed by atoms with Gasteiger partial charge in [0.2, 0.25) is 5.91 Å². The maximum Gasteiger partial charge on any atom is 0.248 e. The predicted molar refractivity (Wildman–Crippen MR) is 91.8 cm³/mol. The van der Waals surface area contributed by atoms with E-state index >= 15 is 0 Å². The third kappa shape index (κ3) is 5.73. The average molecular weight is 318 g/mol. The van der Waals surface area contributed by atoms with Gasteiger partial charge in [-0.05, 0) is 30.3 Å². The SMILES string of the molecule is CC(C)(C)Sc1ccc(NC(=O)/C=C/c2cncs2)cc1. The van der Waals surface area contributed by atoms with Crippen LogP contribution < -0.4 is 5.32 Å². The van der Waals surface area contributed by atoms with Crippen LogP contribution in [0.25, 0.3) is 6.08 Å². The molecule has 0 aliphatic heterocycles. The number of thiazole rings is 1. The summed E-state index contributed by atoms with van der Waals surface area (Å²) in [5.41, 5.74) is 2.54. The second kappa shape index (κ2) is 6.91. The van der Waals surface area contributed by atoms with Crippen molar-refractivity contribution in [2.24, 2.45) is 0 Å². The van der Waals surface area contributed by atoms with Gasteiger partial charge in [-0.2, -0.15) is 0 Å². The van der Waals surface area contributed by atoms with E-state index in [0.29, 0.717) is 0 Å². The number of hydrogen-bond donors (Lipinski definition) is 1. The highest BCUT2D eigenvalue weighted by atomic mass is 32.2. The molecule has 1 amide bonds. The highest BCUT2D eigenvalue weighted by molar-refractivity contribution is 8.00. The standard InChI is InChI=1S/C16H18N2OS2/c1-16(2,3)21-13-6-4-12(5-7-13)18-15(19)9-8-14-10-17-11-20-14/h4-11H,1-3H3,(H,18,19)/b9-8+. The fourth-order valence-corrected chi connectivity index (χ4v) is 3.10. The number of carbonyl (C=O) groups is 1. The average Bonchev–Trinajstić information content (AvgIpc) is 2.90. The van der Waals surface area contributed by atoms with Gasteiger partial charge in [0.05, 0.1) is 5.51 Å². The summed E-state index contributed by atoms with van der Waals surface area (Å²) in [6.07, 6.45) is 5.01. The largest absolute Gasteiger partial charge is 0.323 e. The van der Waals surface area contributed by atoms with Crippen LogP contribution in [0, 0.1) is 0 Å². The first-order chi connectivity index (χ1) is 9.92. The van der Waals surface area contributed by atoms with Crippen molar-refractivity contribution in [1.82, 2.24) is 4.98 Å². The Morgan fingerprint density at radius 2 is 2.00 bits per heavy atom. The van der Waals surface area contributed by atoms with Crippen molar-refractivity contribution < 1.29 is 4.79 Å². The molecule has 0 spiro atoms. The van der Waals surface area contributed by atoms with Crippen molar-refractivity contribution in [3.05, 3.63) is 46.9 Å². The number of aromatic nitrogens is 1. The summed E-state index contributed by atoms with van der Waals surface area (Å²) >= 11 is 3.30. The lowest BCUT2D eigenvalue weighted by atomic mass is 10.3. The molecule has 0 saturated carbocycles. The molecular weight excluding hydrogens is 300 g/mol. The van der Waals surface area contributed by atoms with E-state index in [1.165, 1.54) is 22.3 Å². The summed E-state index contributed by atoms with van der Waals surface area (Å²) in [6, 6.07) is 7.90. The lowest BCUT2D eigenvalue weighted by Crippen LogP contribution is -2.08. The van der Waals surface area contributed by atoms with E-state index in [1.54, 1.807) is 29.5 Å². The highest BCUT2D eigenvalue weighted by Gasteiger charge is 2.11. The first kappa shape index (κ1) is 15.8. The van der Waals surface area contributed by atoms with Crippen molar-refractivity contribution in [3.63, 3.8) is 0 Å². The van der Waals surface area contributed by atoms with Gasteiger partial charge in [-0.3, -0.25) is 9.78 Å². The van der Waals surface area contributed by atoms with E-state index in [4.69, 9.17) is 0 Å². The predicted octanol–water partition coefficient (Wildman–Crippen LogP) is 4.69. The van der Waals surface area contributed by atoms with Crippen molar-refractivity contribution in [2.45, 2.75) is 30.4 Å². The normalized spacial score (nSPS) is 11.8. The van der Waals surface area contributed by atoms with Gasteiger partial charge >= 0.3 is 0 Å². The van der Waals surface area contributed by atoms with E-state index in [0.717, 1.165) is 10.6 Å². The van der Waals surface area contributed by atoms with Crippen molar-refractivity contribution >= 4 is 40.8 Å². The van der Waals surface area contributed by atoms with Crippen molar-refractivity contribution in [2.75, 3.05) is 5.32 Å². The van der Waals surface area contributed by atoms with Crippen LogP contribution >= 0.6 is 23.1 Å². The molecule has 1 aromatic heterocycles. The molecule has 0 bridgehead atoms. The number of amides is 1. The highest BCUT2D eigenvalue weighted by Crippen LogP contribution is 2.32. The quantitative estimate of drug-likeness (QED) is 0.657. The fraction of sp³-hybridized carbons (Fsp3) is 0.250. The van der Waals surface area contributed by atoms with E-state index in [1.807, 2.05) is 24.3 Å². The molecule has 110 valence electrons. The molecule has 0 aliphatic rings. The maximum absolute atomic E-state index is 11.8. The van der Waals surface area contributed by atoms with Gasteiger partial charge in [-0.15, -0.1) is 23.1 Å². The first-order valence-electron chi connectivity index (χ1n) is 6.59. The van der Waals surface area contributed by atoms with Crippen LogP contribution in [-0.2, 0) is 4.79 Å². The fourth-order valence-electron chi connectivity index (χ4n) is 1.61. The number of nitrogens with zero attached hydrogens (tertiary/aromatic N) is 1. The Kier molecular flexibility index (Phi) is 5.20. The third-order valence-corrected chi connectivity index (χ3v) is 4.26. The minimum atomic E-state index is -0.139. The summed E-state index contributed by atoms with van der Waals surface area (Å²) in [5.74, 6) is -0.139. The van der Waals surface area contributed by atoms with Gasteiger partial charge < -0.3 is 5.32 Å². The van der Waals surface area contributed by atoms with E-state index in [2.05, 4.69) is 31.1 Å². The molecule has 2 rings (SSSR count). The Hall–Kier alpha value is -1.59. The Bertz CT molecular complexity index is 611. The molecule has 1 aromatic carbocycles. The molecule has 1 heterocycles. The monoisotopic (exact) mass is 318 g/mol. The minimum absolute atomic E-state index is 0.139. The van der Waals surface area contributed by atoms with Crippen LogP contribution in [0.5, 0.6) is 0 Å². The Balaban J connectivity index is 1.92. The van der Waals surface area contributed by atoms with Gasteiger partial charge in [0.25, 0.3) is 0 Å². The minimum Gasteiger partial charge on any atom is -0.323 e. The van der Waals surface area contributed by atoms with Gasteiger partial charge in [-0.25, -0.2) is 0 Å². The molecule has 0 atom stereocenters. The zero-order chi connectivity index (χ0) is 15.3. The zero-order valence-corrected chi connectivity index (χ0v) is 13.9. The molecule has 0 saturated heterocycles. The summed E-state index contributed by atoms with van der Waals surface area (Å²) < 4.78 is 0.183. The zero-order valence-electron chi connectivity index (χ0n) is 12.3. The number of nitrogens with one attached hydrogen (secondary N) is 1. The first-order valence-corrected chi connectivity index (χ1v) is 8.29. The Morgan fingerprint density at radius 3 is 2.57 bits per heavy atom. The van der Waals surface area contributed by atoms with Crippen molar-refractivity contribution in [1.29, 1.82) is 0 Å². The lowest BCUT2D eigenvalue weighted by molar-refractivity contribution is -0.111. The number of anilines is 1. The summed E-state index contributed by atoms with van der Waals surface area (Å²) in [7, 11) is 0. The van der Waals surface area contributed by atoms with Gasteiger partial charge in [0.15, 0.2) is 0 Å². The molecule has 0 radical (unpaired) electrons. The van der Waals surface area contributed by atoms with Crippen LogP contribution in [0.1, 0.15) is 25.6 Å². The van der Waals surface area contributed by atoms with Gasteiger partial charge in [0, 0.05) is 32.5 Å². The molecule has 3 nitrogen and oxygen atoms in total. The summed E-state index contributed by atoms with van der Waals surface area (Å²) in [4.78, 5) is 17.9. The van der Waals surface area contributed by atoms with Gasteiger partial charge in [0.1, 0.15) is 0 Å². The van der Waals surface area contributed by atoms with Crippen LogP contribution in [-0.4, -0.2) is 15.6 Å². The smallest absolute Gasteiger partial charge is 0.248 e. The van der Waals surface area contributed by atoms with Crippen molar-refractivity contribution in [3.8, 4) is 0 Å². The van der Waals surface area contributed by atoms with Crippen LogP contribution in [0.3, 0.4) is 0 Å². The number of rotatable bonds is 4. The second-order valence-corrected chi connectivity index (χ2v) is 8.28. The maximum atomic E-state index is 11.8. The molecule has 0 aliphatic carbocycles. The molecule has 2 aromatic rings. The Labute approximate surface area is 133 Å². The second-order valence-electron chi connectivity index (χ2n) is 5.47.